The smallest absolute Gasteiger partial charge is 0.154 e. The minimum Gasteiger partial charge on any atom is -0.393 e. The van der Waals surface area contributed by atoms with E-state index in [1.165, 1.54) is 0 Å². The number of hydrogen-bond donors (Lipinski definition) is 2. The van der Waals surface area contributed by atoms with Crippen LogP contribution in [0.15, 0.2) is 0 Å². The molecular formula is C9H13AcNO2. The average molecular weight is 394 g/mol. The number of aliphatic hydroxyl groups excluding tert-OH is 1. The van der Waals surface area contributed by atoms with Crippen LogP contribution in [0.25, 0.3) is 0 Å². The van der Waals surface area contributed by atoms with Crippen LogP contribution in [-0.4, -0.2) is 21.9 Å². The molecule has 1 radical (unpaired) electrons. The van der Waals surface area contributed by atoms with Gasteiger partial charge in [-0.2, -0.15) is 5.26 Å². The van der Waals surface area contributed by atoms with Gasteiger partial charge in [0.2, 0.25) is 0 Å². The Morgan fingerprint density at radius 3 is 2.46 bits per heavy atom. The second-order valence-corrected chi connectivity index (χ2v) is 4.08. The standard InChI is InChI=1S/C9H13NO2.Ac/c10-5-9(12)4-6-1-2-7(9)3-8(6)11;/h6-8,11-12H,1-4H2;. The second-order valence-electron chi connectivity index (χ2n) is 4.08. The summed E-state index contributed by atoms with van der Waals surface area (Å²) in [5, 5.41) is 28.1. The van der Waals surface area contributed by atoms with Crippen molar-refractivity contribution in [3.8, 4) is 6.07 Å². The molecule has 3 saturated carbocycles. The largest absolute Gasteiger partial charge is 0.393 e. The van der Waals surface area contributed by atoms with E-state index in [-0.39, 0.29) is 62.0 Å². The summed E-state index contributed by atoms with van der Waals surface area (Å²) in [5.74, 6) is 0.155. The number of fused-ring (bicyclic) bond motifs is 3. The third-order valence-electron chi connectivity index (χ3n) is 3.40. The Bertz CT molecular complexity index is 240. The summed E-state index contributed by atoms with van der Waals surface area (Å²) in [6.07, 6.45) is 2.66. The molecule has 0 saturated heterocycles. The van der Waals surface area contributed by atoms with Crippen LogP contribution in [0.1, 0.15) is 25.7 Å². The third kappa shape index (κ3) is 1.95. The Hall–Kier alpha value is 0.852. The predicted octanol–water partition coefficient (Wildman–Crippen LogP) is 0.422. The third-order valence-corrected chi connectivity index (χ3v) is 3.40. The van der Waals surface area contributed by atoms with Crippen molar-refractivity contribution in [1.82, 2.24) is 0 Å². The zero-order valence-corrected chi connectivity index (χ0v) is 12.2. The van der Waals surface area contributed by atoms with Crippen molar-refractivity contribution in [2.75, 3.05) is 0 Å². The van der Waals surface area contributed by atoms with Crippen LogP contribution in [0.4, 0.5) is 0 Å². The van der Waals surface area contributed by atoms with Gasteiger partial charge in [0.05, 0.1) is 12.2 Å². The molecule has 4 heteroatoms. The molecular weight excluding hydrogens is 381 g/mol. The first-order valence-electron chi connectivity index (χ1n) is 4.47. The number of rotatable bonds is 0. The zero-order valence-electron chi connectivity index (χ0n) is 7.48. The monoisotopic (exact) mass is 394 g/mol. The van der Waals surface area contributed by atoms with E-state index in [9.17, 15) is 10.2 Å². The molecule has 0 amide bonds. The molecule has 0 aromatic heterocycles. The van der Waals surface area contributed by atoms with E-state index in [1.54, 1.807) is 0 Å². The van der Waals surface area contributed by atoms with Crippen LogP contribution < -0.4 is 0 Å². The van der Waals surface area contributed by atoms with Crippen LogP contribution in [-0.2, 0) is 0 Å². The summed E-state index contributed by atoms with van der Waals surface area (Å²) < 4.78 is 0. The molecule has 3 aliphatic rings. The van der Waals surface area contributed by atoms with Gasteiger partial charge in [-0.15, -0.1) is 0 Å². The van der Waals surface area contributed by atoms with E-state index < -0.39 is 5.60 Å². The Labute approximate surface area is 114 Å². The van der Waals surface area contributed by atoms with Gasteiger partial charge in [0, 0.05) is 50.0 Å². The molecule has 69 valence electrons. The van der Waals surface area contributed by atoms with E-state index in [2.05, 4.69) is 0 Å². The first kappa shape index (κ1) is 11.9. The van der Waals surface area contributed by atoms with Crippen LogP contribution >= 0.6 is 0 Å². The molecule has 4 unspecified atom stereocenters. The fourth-order valence-electron chi connectivity index (χ4n) is 2.58. The molecule has 0 aromatic rings. The molecule has 2 bridgehead atoms. The van der Waals surface area contributed by atoms with E-state index >= 15 is 0 Å². The SMILES string of the molecule is N#CC1(O)CC2CCC1CC2O.[Ac]. The molecule has 0 heterocycles. The summed E-state index contributed by atoms with van der Waals surface area (Å²) in [6.45, 7) is 0. The van der Waals surface area contributed by atoms with Gasteiger partial charge in [0.1, 0.15) is 0 Å². The maximum absolute atomic E-state index is 9.82. The summed E-state index contributed by atoms with van der Waals surface area (Å²) in [6, 6.07) is 1.98. The van der Waals surface area contributed by atoms with Crippen molar-refractivity contribution >= 4 is 0 Å². The number of aliphatic hydroxyl groups is 2. The number of nitrogens with zero attached hydrogens (tertiary/aromatic N) is 1. The van der Waals surface area contributed by atoms with Crippen molar-refractivity contribution in [3.05, 3.63) is 0 Å². The second kappa shape index (κ2) is 4.15. The van der Waals surface area contributed by atoms with E-state index in [0.717, 1.165) is 12.8 Å². The summed E-state index contributed by atoms with van der Waals surface area (Å²) in [4.78, 5) is 0. The predicted molar refractivity (Wildman–Crippen MR) is 42.0 cm³/mol. The van der Waals surface area contributed by atoms with Crippen LogP contribution in [0.5, 0.6) is 0 Å². The maximum Gasteiger partial charge on any atom is 0.154 e. The molecule has 3 rings (SSSR count). The van der Waals surface area contributed by atoms with Gasteiger partial charge < -0.3 is 10.2 Å². The molecule has 2 N–H and O–H groups in total. The topological polar surface area (TPSA) is 64.2 Å². The van der Waals surface area contributed by atoms with Crippen LogP contribution in [0.3, 0.4) is 0 Å². The van der Waals surface area contributed by atoms with Gasteiger partial charge in [0.25, 0.3) is 0 Å². The summed E-state index contributed by atoms with van der Waals surface area (Å²) in [5.41, 5.74) is -1.14. The maximum atomic E-state index is 9.82. The van der Waals surface area contributed by atoms with Crippen LogP contribution in [0.2, 0.25) is 0 Å². The molecule has 13 heavy (non-hydrogen) atoms. The van der Waals surface area contributed by atoms with Crippen molar-refractivity contribution in [3.63, 3.8) is 0 Å². The van der Waals surface area contributed by atoms with E-state index in [1.807, 2.05) is 6.07 Å². The van der Waals surface area contributed by atoms with Gasteiger partial charge in [-0.25, -0.2) is 0 Å². The molecule has 3 nitrogen and oxygen atoms in total. The van der Waals surface area contributed by atoms with Gasteiger partial charge in [-0.1, -0.05) is 0 Å². The normalized spacial score (nSPS) is 47.9. The minimum absolute atomic E-state index is 0. The molecule has 4 atom stereocenters. The van der Waals surface area contributed by atoms with E-state index in [0.29, 0.717) is 12.8 Å². The van der Waals surface area contributed by atoms with E-state index in [4.69, 9.17) is 5.26 Å². The van der Waals surface area contributed by atoms with Crippen LogP contribution in [0, 0.1) is 67.2 Å². The van der Waals surface area contributed by atoms with Gasteiger partial charge in [-0.3, -0.25) is 0 Å². The van der Waals surface area contributed by atoms with Gasteiger partial charge in [0.15, 0.2) is 5.60 Å². The Morgan fingerprint density at radius 2 is 2.08 bits per heavy atom. The summed E-state index contributed by atoms with van der Waals surface area (Å²) >= 11 is 0. The fraction of sp³-hybridized carbons (Fsp3) is 0.889. The quantitative estimate of drug-likeness (QED) is 0.586. The number of hydrogen-bond acceptors (Lipinski definition) is 3. The Kier molecular flexibility index (Phi) is 3.81. The molecule has 0 aromatic carbocycles. The molecule has 0 aliphatic heterocycles. The Morgan fingerprint density at radius 1 is 1.38 bits per heavy atom. The Balaban J connectivity index is 0.000000845. The van der Waals surface area contributed by atoms with Crippen molar-refractivity contribution < 1.29 is 54.3 Å². The summed E-state index contributed by atoms with van der Waals surface area (Å²) in [7, 11) is 0. The average Bonchev–Trinajstić information content (AvgIpc) is 2.08. The minimum atomic E-state index is -1.14. The number of nitriles is 1. The zero-order chi connectivity index (χ0) is 8.77. The first-order valence-corrected chi connectivity index (χ1v) is 4.47. The molecule has 0 spiro atoms. The van der Waals surface area contributed by atoms with Crippen molar-refractivity contribution in [2.24, 2.45) is 11.8 Å². The van der Waals surface area contributed by atoms with Crippen molar-refractivity contribution in [1.29, 1.82) is 5.26 Å². The van der Waals surface area contributed by atoms with Gasteiger partial charge >= 0.3 is 0 Å². The molecule has 3 fully saturated rings. The van der Waals surface area contributed by atoms with Crippen molar-refractivity contribution in [2.45, 2.75) is 37.4 Å². The van der Waals surface area contributed by atoms with Gasteiger partial charge in [-0.05, 0) is 31.6 Å². The fourth-order valence-corrected chi connectivity index (χ4v) is 2.58. The first-order chi connectivity index (χ1) is 5.65. The molecule has 3 aliphatic carbocycles.